The standard InChI is InChI=1S/C20H26ClN3O3S/c1-12(2)8-24-19(26)16-7-15(21)5-6-17(16)22-20(24)28-11-18(25)23-9-13(3)27-14(4)10-23/h5-7,12-14H,8-11H2,1-4H3/t13-,14+. The van der Waals surface area contributed by atoms with Crippen molar-refractivity contribution in [1.82, 2.24) is 14.5 Å². The first-order valence-electron chi connectivity index (χ1n) is 9.50. The fourth-order valence-electron chi connectivity index (χ4n) is 3.41. The molecule has 0 aliphatic carbocycles. The summed E-state index contributed by atoms with van der Waals surface area (Å²) in [7, 11) is 0. The van der Waals surface area contributed by atoms with Crippen molar-refractivity contribution < 1.29 is 9.53 Å². The molecule has 1 aliphatic heterocycles. The average Bonchev–Trinajstić information content (AvgIpc) is 2.62. The monoisotopic (exact) mass is 423 g/mol. The van der Waals surface area contributed by atoms with Gasteiger partial charge >= 0.3 is 0 Å². The molecular weight excluding hydrogens is 398 g/mol. The number of benzene rings is 1. The first-order valence-corrected chi connectivity index (χ1v) is 10.9. The van der Waals surface area contributed by atoms with Gasteiger partial charge in [0, 0.05) is 24.7 Å². The van der Waals surface area contributed by atoms with Crippen molar-refractivity contribution in [2.75, 3.05) is 18.8 Å². The van der Waals surface area contributed by atoms with E-state index in [2.05, 4.69) is 4.98 Å². The molecule has 28 heavy (non-hydrogen) atoms. The second-order valence-corrected chi connectivity index (χ2v) is 9.09. The number of halogens is 1. The van der Waals surface area contributed by atoms with Crippen LogP contribution in [0.2, 0.25) is 5.02 Å². The minimum absolute atomic E-state index is 0.0281. The fourth-order valence-corrected chi connectivity index (χ4v) is 4.49. The summed E-state index contributed by atoms with van der Waals surface area (Å²) >= 11 is 7.37. The molecule has 0 saturated carbocycles. The SMILES string of the molecule is CC(C)Cn1c(SCC(=O)N2C[C@@H](C)O[C@@H](C)C2)nc2ccc(Cl)cc2c1=O. The second-order valence-electron chi connectivity index (χ2n) is 7.71. The fraction of sp³-hybridized carbons (Fsp3) is 0.550. The molecule has 0 N–H and O–H groups in total. The van der Waals surface area contributed by atoms with Gasteiger partial charge in [0.25, 0.3) is 5.56 Å². The van der Waals surface area contributed by atoms with Crippen LogP contribution in [0.15, 0.2) is 28.2 Å². The van der Waals surface area contributed by atoms with E-state index in [4.69, 9.17) is 16.3 Å². The number of rotatable bonds is 5. The van der Waals surface area contributed by atoms with Crippen LogP contribution in [0, 0.1) is 5.92 Å². The van der Waals surface area contributed by atoms with Gasteiger partial charge in [0.15, 0.2) is 5.16 Å². The summed E-state index contributed by atoms with van der Waals surface area (Å²) < 4.78 is 7.36. The number of fused-ring (bicyclic) bond motifs is 1. The lowest BCUT2D eigenvalue weighted by Gasteiger charge is -2.35. The van der Waals surface area contributed by atoms with Crippen LogP contribution in [0.3, 0.4) is 0 Å². The van der Waals surface area contributed by atoms with Crippen LogP contribution in [0.25, 0.3) is 10.9 Å². The topological polar surface area (TPSA) is 64.4 Å². The Morgan fingerprint density at radius 1 is 1.32 bits per heavy atom. The predicted octanol–water partition coefficient (Wildman–Crippen LogP) is 3.43. The van der Waals surface area contributed by atoms with Crippen LogP contribution < -0.4 is 5.56 Å². The number of amides is 1. The highest BCUT2D eigenvalue weighted by molar-refractivity contribution is 7.99. The highest BCUT2D eigenvalue weighted by atomic mass is 35.5. The van der Waals surface area contributed by atoms with E-state index in [-0.39, 0.29) is 35.3 Å². The first kappa shape index (κ1) is 21.1. The molecule has 2 heterocycles. The highest BCUT2D eigenvalue weighted by Gasteiger charge is 2.26. The normalized spacial score (nSPS) is 20.1. The van der Waals surface area contributed by atoms with Gasteiger partial charge in [0.05, 0.1) is 28.9 Å². The molecule has 1 saturated heterocycles. The first-order chi connectivity index (χ1) is 13.2. The van der Waals surface area contributed by atoms with Crippen molar-refractivity contribution in [3.8, 4) is 0 Å². The van der Waals surface area contributed by atoms with Gasteiger partial charge in [-0.3, -0.25) is 14.2 Å². The molecule has 1 fully saturated rings. The Morgan fingerprint density at radius 2 is 2.00 bits per heavy atom. The maximum absolute atomic E-state index is 13.0. The molecule has 0 spiro atoms. The van der Waals surface area contributed by atoms with Gasteiger partial charge in [-0.15, -0.1) is 0 Å². The molecule has 6 nitrogen and oxygen atoms in total. The van der Waals surface area contributed by atoms with Gasteiger partial charge in [-0.2, -0.15) is 0 Å². The molecule has 1 amide bonds. The zero-order chi connectivity index (χ0) is 20.4. The number of hydrogen-bond acceptors (Lipinski definition) is 5. The number of ether oxygens (including phenoxy) is 1. The quantitative estimate of drug-likeness (QED) is 0.544. The predicted molar refractivity (Wildman–Crippen MR) is 113 cm³/mol. The maximum Gasteiger partial charge on any atom is 0.262 e. The highest BCUT2D eigenvalue weighted by Crippen LogP contribution is 2.22. The van der Waals surface area contributed by atoms with E-state index in [1.54, 1.807) is 22.8 Å². The van der Waals surface area contributed by atoms with Crippen molar-refractivity contribution in [2.24, 2.45) is 5.92 Å². The second kappa shape index (κ2) is 8.84. The minimum Gasteiger partial charge on any atom is -0.372 e. The number of aromatic nitrogens is 2. The molecule has 2 aromatic rings. The molecule has 1 aromatic carbocycles. The van der Waals surface area contributed by atoms with Crippen LogP contribution in [0.5, 0.6) is 0 Å². The molecular formula is C20H26ClN3O3S. The van der Waals surface area contributed by atoms with Crippen LogP contribution in [-0.2, 0) is 16.1 Å². The third kappa shape index (κ3) is 4.88. The Hall–Kier alpha value is -1.57. The summed E-state index contributed by atoms with van der Waals surface area (Å²) in [5.74, 6) is 0.545. The van der Waals surface area contributed by atoms with Gasteiger partial charge in [-0.25, -0.2) is 4.98 Å². The zero-order valence-corrected chi connectivity index (χ0v) is 18.2. The third-order valence-corrected chi connectivity index (χ3v) is 5.72. The average molecular weight is 424 g/mol. The van der Waals surface area contributed by atoms with Gasteiger partial charge < -0.3 is 9.64 Å². The van der Waals surface area contributed by atoms with E-state index in [9.17, 15) is 9.59 Å². The molecule has 0 unspecified atom stereocenters. The Kier molecular flexibility index (Phi) is 6.68. The lowest BCUT2D eigenvalue weighted by molar-refractivity contribution is -0.140. The Balaban J connectivity index is 1.86. The van der Waals surface area contributed by atoms with E-state index >= 15 is 0 Å². The van der Waals surface area contributed by atoms with Crippen molar-refractivity contribution in [3.63, 3.8) is 0 Å². The van der Waals surface area contributed by atoms with Crippen molar-refractivity contribution in [1.29, 1.82) is 0 Å². The summed E-state index contributed by atoms with van der Waals surface area (Å²) in [4.78, 5) is 32.2. The minimum atomic E-state index is -0.121. The van der Waals surface area contributed by atoms with Gasteiger partial charge in [0.2, 0.25) is 5.91 Å². The number of hydrogen-bond donors (Lipinski definition) is 0. The molecule has 8 heteroatoms. The molecule has 3 rings (SSSR count). The molecule has 2 atom stereocenters. The summed E-state index contributed by atoms with van der Waals surface area (Å²) in [6.07, 6.45) is 0.0562. The van der Waals surface area contributed by atoms with Gasteiger partial charge in [0.1, 0.15) is 0 Å². The maximum atomic E-state index is 13.0. The van der Waals surface area contributed by atoms with Crippen LogP contribution in [0.4, 0.5) is 0 Å². The Bertz CT molecular complexity index is 921. The Morgan fingerprint density at radius 3 is 2.64 bits per heavy atom. The lowest BCUT2D eigenvalue weighted by atomic mass is 10.2. The summed E-state index contributed by atoms with van der Waals surface area (Å²) in [6, 6.07) is 5.12. The van der Waals surface area contributed by atoms with Gasteiger partial charge in [-0.05, 0) is 38.0 Å². The number of carbonyl (C=O) groups excluding carboxylic acids is 1. The molecule has 0 radical (unpaired) electrons. The zero-order valence-electron chi connectivity index (χ0n) is 16.6. The molecule has 1 aromatic heterocycles. The number of morpholine rings is 1. The largest absolute Gasteiger partial charge is 0.372 e. The van der Waals surface area contributed by atoms with Crippen molar-refractivity contribution >= 4 is 40.2 Å². The summed E-state index contributed by atoms with van der Waals surface area (Å²) in [6.45, 7) is 9.75. The summed E-state index contributed by atoms with van der Waals surface area (Å²) in [5.41, 5.74) is 0.475. The van der Waals surface area contributed by atoms with E-state index in [0.717, 1.165) is 0 Å². The number of nitrogens with zero attached hydrogens (tertiary/aromatic N) is 3. The molecule has 1 aliphatic rings. The molecule has 152 valence electrons. The van der Waals surface area contributed by atoms with E-state index in [1.165, 1.54) is 11.8 Å². The van der Waals surface area contributed by atoms with E-state index in [0.29, 0.717) is 40.7 Å². The number of thioether (sulfide) groups is 1. The van der Waals surface area contributed by atoms with Crippen molar-refractivity contribution in [2.45, 2.75) is 51.6 Å². The molecule has 0 bridgehead atoms. The van der Waals surface area contributed by atoms with E-state index in [1.807, 2.05) is 32.6 Å². The van der Waals surface area contributed by atoms with Crippen molar-refractivity contribution in [3.05, 3.63) is 33.6 Å². The smallest absolute Gasteiger partial charge is 0.262 e. The Labute approximate surface area is 174 Å². The van der Waals surface area contributed by atoms with Crippen LogP contribution >= 0.6 is 23.4 Å². The van der Waals surface area contributed by atoms with E-state index < -0.39 is 0 Å². The third-order valence-electron chi connectivity index (χ3n) is 4.53. The van der Waals surface area contributed by atoms with Gasteiger partial charge in [-0.1, -0.05) is 37.2 Å². The van der Waals surface area contributed by atoms with Crippen LogP contribution in [0.1, 0.15) is 27.7 Å². The number of carbonyl (C=O) groups is 1. The summed E-state index contributed by atoms with van der Waals surface area (Å²) in [5, 5.41) is 1.57. The lowest BCUT2D eigenvalue weighted by Crippen LogP contribution is -2.48. The van der Waals surface area contributed by atoms with Crippen LogP contribution in [-0.4, -0.2) is 51.4 Å².